The van der Waals surface area contributed by atoms with Crippen LogP contribution in [-0.2, 0) is 0 Å². The molecule has 0 saturated carbocycles. The lowest BCUT2D eigenvalue weighted by Crippen LogP contribution is -2.53. The van der Waals surface area contributed by atoms with E-state index in [9.17, 15) is 0 Å². The number of nitrogens with one attached hydrogen (secondary N) is 2. The van der Waals surface area contributed by atoms with Crippen molar-refractivity contribution >= 4 is 0 Å². The first-order valence-corrected chi connectivity index (χ1v) is 7.01. The minimum atomic E-state index is 0.589. The fourth-order valence-corrected chi connectivity index (χ4v) is 2.18. The molecular weight excluding hydrogens is 196 g/mol. The quantitative estimate of drug-likeness (QED) is 0.634. The highest BCUT2D eigenvalue weighted by Gasteiger charge is 2.25. The Morgan fingerprint density at radius 2 is 1.00 bits per heavy atom. The maximum absolute atomic E-state index is 3.70. The predicted molar refractivity (Wildman–Crippen MR) is 73.8 cm³/mol. The zero-order chi connectivity index (χ0) is 12.6. The maximum atomic E-state index is 3.70. The van der Waals surface area contributed by atoms with Gasteiger partial charge in [-0.2, -0.15) is 0 Å². The molecule has 0 heterocycles. The van der Waals surface area contributed by atoms with E-state index in [1.54, 1.807) is 0 Å². The second-order valence-corrected chi connectivity index (χ2v) is 5.45. The van der Waals surface area contributed by atoms with Gasteiger partial charge in [0.05, 0.1) is 0 Å². The van der Waals surface area contributed by atoms with Crippen LogP contribution in [0.2, 0.25) is 0 Å². The van der Waals surface area contributed by atoms with Crippen LogP contribution in [0.4, 0.5) is 0 Å². The largest absolute Gasteiger partial charge is 0.312 e. The highest BCUT2D eigenvalue weighted by molar-refractivity contribution is 4.86. The molecule has 0 rings (SSSR count). The van der Waals surface area contributed by atoms with Gasteiger partial charge in [0.2, 0.25) is 0 Å². The Hall–Kier alpha value is -0.0800. The van der Waals surface area contributed by atoms with Crippen molar-refractivity contribution in [3.63, 3.8) is 0 Å². The summed E-state index contributed by atoms with van der Waals surface area (Å²) in [4.78, 5) is 0. The van der Waals surface area contributed by atoms with Gasteiger partial charge in [0.15, 0.2) is 0 Å². The van der Waals surface area contributed by atoms with Crippen LogP contribution >= 0.6 is 0 Å². The molecule has 0 bridgehead atoms. The van der Waals surface area contributed by atoms with Crippen LogP contribution in [0.1, 0.15) is 54.4 Å². The Balaban J connectivity index is 4.39. The van der Waals surface area contributed by atoms with Gasteiger partial charge in [0, 0.05) is 12.1 Å². The van der Waals surface area contributed by atoms with Crippen LogP contribution in [-0.4, -0.2) is 25.2 Å². The van der Waals surface area contributed by atoms with E-state index in [1.807, 2.05) is 0 Å². The summed E-state index contributed by atoms with van der Waals surface area (Å²) in [5.41, 5.74) is 0. The molecule has 0 amide bonds. The average molecular weight is 228 g/mol. The maximum Gasteiger partial charge on any atom is 0.0246 e. The van der Waals surface area contributed by atoms with Gasteiger partial charge in [-0.05, 0) is 37.8 Å². The Morgan fingerprint density at radius 1 is 0.688 bits per heavy atom. The Bertz CT molecular complexity index is 137. The third kappa shape index (κ3) is 5.86. The molecule has 0 radical (unpaired) electrons. The summed E-state index contributed by atoms with van der Waals surface area (Å²) in [6.07, 6.45) is 2.42. The van der Waals surface area contributed by atoms with E-state index in [2.05, 4.69) is 52.2 Å². The number of hydrogen-bond donors (Lipinski definition) is 2. The van der Waals surface area contributed by atoms with Gasteiger partial charge >= 0.3 is 0 Å². The zero-order valence-electron chi connectivity index (χ0n) is 12.1. The van der Waals surface area contributed by atoms with E-state index >= 15 is 0 Å². The Labute approximate surface area is 103 Å². The summed E-state index contributed by atoms with van der Waals surface area (Å²) in [5, 5.41) is 7.39. The molecule has 0 aliphatic rings. The third-order valence-corrected chi connectivity index (χ3v) is 3.08. The van der Waals surface area contributed by atoms with Gasteiger partial charge < -0.3 is 10.6 Å². The Morgan fingerprint density at radius 3 is 1.19 bits per heavy atom. The average Bonchev–Trinajstić information content (AvgIpc) is 2.21. The number of hydrogen-bond acceptors (Lipinski definition) is 2. The fraction of sp³-hybridized carbons (Fsp3) is 1.00. The lowest BCUT2D eigenvalue weighted by atomic mass is 9.88. The van der Waals surface area contributed by atoms with Crippen LogP contribution in [0, 0.1) is 11.8 Å². The van der Waals surface area contributed by atoms with Gasteiger partial charge in [-0.15, -0.1) is 0 Å². The van der Waals surface area contributed by atoms with Crippen molar-refractivity contribution in [3.05, 3.63) is 0 Å². The first kappa shape index (κ1) is 15.9. The minimum Gasteiger partial charge on any atom is -0.312 e. The second-order valence-electron chi connectivity index (χ2n) is 5.45. The molecule has 0 aliphatic heterocycles. The SMILES string of the molecule is CCCNC(C(C)C)C(NCCC)C(C)C. The van der Waals surface area contributed by atoms with Gasteiger partial charge in [-0.3, -0.25) is 0 Å². The first-order chi connectivity index (χ1) is 7.54. The van der Waals surface area contributed by atoms with Gasteiger partial charge in [-0.1, -0.05) is 41.5 Å². The summed E-state index contributed by atoms with van der Waals surface area (Å²) in [6, 6.07) is 1.18. The topological polar surface area (TPSA) is 24.1 Å². The van der Waals surface area contributed by atoms with Gasteiger partial charge in [0.25, 0.3) is 0 Å². The highest BCUT2D eigenvalue weighted by atomic mass is 15.0. The van der Waals surface area contributed by atoms with E-state index in [-0.39, 0.29) is 0 Å². The van der Waals surface area contributed by atoms with Crippen molar-refractivity contribution in [1.82, 2.24) is 10.6 Å². The molecule has 2 atom stereocenters. The molecule has 0 aromatic rings. The molecule has 2 heteroatoms. The summed E-state index contributed by atoms with van der Waals surface area (Å²) >= 11 is 0. The van der Waals surface area contributed by atoms with E-state index in [4.69, 9.17) is 0 Å². The molecule has 2 unspecified atom stereocenters. The van der Waals surface area contributed by atoms with Crippen LogP contribution < -0.4 is 10.6 Å². The first-order valence-electron chi connectivity index (χ1n) is 7.01. The van der Waals surface area contributed by atoms with Gasteiger partial charge in [-0.25, -0.2) is 0 Å². The van der Waals surface area contributed by atoms with Gasteiger partial charge in [0.1, 0.15) is 0 Å². The molecule has 0 fully saturated rings. The molecule has 0 spiro atoms. The van der Waals surface area contributed by atoms with E-state index in [0.717, 1.165) is 13.1 Å². The van der Waals surface area contributed by atoms with Crippen molar-refractivity contribution in [3.8, 4) is 0 Å². The molecular formula is C14H32N2. The molecule has 0 aromatic heterocycles. The van der Waals surface area contributed by atoms with Crippen LogP contribution in [0.3, 0.4) is 0 Å². The summed E-state index contributed by atoms with van der Waals surface area (Å²) in [7, 11) is 0. The monoisotopic (exact) mass is 228 g/mol. The zero-order valence-corrected chi connectivity index (χ0v) is 12.1. The minimum absolute atomic E-state index is 0.589. The standard InChI is InChI=1S/C14H32N2/c1-7-9-15-13(11(3)4)14(12(5)6)16-10-8-2/h11-16H,7-10H2,1-6H3. The second kappa shape index (κ2) is 9.00. The lowest BCUT2D eigenvalue weighted by Gasteiger charge is -2.34. The van der Waals surface area contributed by atoms with Crippen LogP contribution in [0.15, 0.2) is 0 Å². The van der Waals surface area contributed by atoms with Crippen molar-refractivity contribution < 1.29 is 0 Å². The van der Waals surface area contributed by atoms with E-state index in [1.165, 1.54) is 12.8 Å². The van der Waals surface area contributed by atoms with Crippen LogP contribution in [0.5, 0.6) is 0 Å². The fourth-order valence-electron chi connectivity index (χ4n) is 2.18. The van der Waals surface area contributed by atoms with E-state index in [0.29, 0.717) is 23.9 Å². The highest BCUT2D eigenvalue weighted by Crippen LogP contribution is 2.14. The van der Waals surface area contributed by atoms with Crippen LogP contribution in [0.25, 0.3) is 0 Å². The molecule has 0 saturated heterocycles. The summed E-state index contributed by atoms with van der Waals surface area (Å²) in [5.74, 6) is 1.37. The van der Waals surface area contributed by atoms with Crippen molar-refractivity contribution in [2.45, 2.75) is 66.5 Å². The number of rotatable bonds is 9. The smallest absolute Gasteiger partial charge is 0.0246 e. The van der Waals surface area contributed by atoms with E-state index < -0.39 is 0 Å². The molecule has 16 heavy (non-hydrogen) atoms. The molecule has 0 aliphatic carbocycles. The normalized spacial score (nSPS) is 15.8. The van der Waals surface area contributed by atoms with Crippen molar-refractivity contribution in [2.75, 3.05) is 13.1 Å². The van der Waals surface area contributed by atoms with Crippen molar-refractivity contribution in [2.24, 2.45) is 11.8 Å². The lowest BCUT2D eigenvalue weighted by molar-refractivity contribution is 0.251. The third-order valence-electron chi connectivity index (χ3n) is 3.08. The molecule has 98 valence electrons. The summed E-state index contributed by atoms with van der Waals surface area (Å²) < 4.78 is 0. The molecule has 2 N–H and O–H groups in total. The van der Waals surface area contributed by atoms with Crippen molar-refractivity contribution in [1.29, 1.82) is 0 Å². The Kier molecular flexibility index (Phi) is 8.96. The molecule has 2 nitrogen and oxygen atoms in total. The molecule has 0 aromatic carbocycles. The summed E-state index contributed by atoms with van der Waals surface area (Å²) in [6.45, 7) is 16.0. The predicted octanol–water partition coefficient (Wildman–Crippen LogP) is 3.03.